The van der Waals surface area contributed by atoms with Gasteiger partial charge in [-0.15, -0.1) is 0 Å². The second-order valence-electron chi connectivity index (χ2n) is 6.90. The second kappa shape index (κ2) is 7.41. The number of nitrogens with zero attached hydrogens (tertiary/aromatic N) is 4. The Hall–Kier alpha value is -2.47. The Bertz CT molecular complexity index is 796. The monoisotopic (exact) mass is 352 g/mol. The molecule has 1 amide bonds. The molecule has 0 saturated carbocycles. The molecule has 2 saturated heterocycles. The van der Waals surface area contributed by atoms with Crippen LogP contribution in [0.2, 0.25) is 0 Å². The van der Waals surface area contributed by atoms with Crippen molar-refractivity contribution in [3.05, 3.63) is 41.6 Å². The van der Waals surface area contributed by atoms with Gasteiger partial charge in [0.2, 0.25) is 0 Å². The van der Waals surface area contributed by atoms with Crippen molar-refractivity contribution in [1.29, 1.82) is 0 Å². The number of hydrogen-bond donors (Lipinski definition) is 0. The topological polar surface area (TPSA) is 58.6 Å². The molecule has 0 atom stereocenters. The summed E-state index contributed by atoms with van der Waals surface area (Å²) in [7, 11) is 0. The van der Waals surface area contributed by atoms with Crippen molar-refractivity contribution < 1.29 is 9.53 Å². The largest absolute Gasteiger partial charge is 0.378 e. The molecule has 2 fully saturated rings. The third-order valence-electron chi connectivity index (χ3n) is 4.98. The number of anilines is 1. The SMILES string of the molecule is Cc1cccc(-c2ncc(C(=O)N3CCOCC3)c(N3CCCC3)n2)c1. The average molecular weight is 352 g/mol. The first kappa shape index (κ1) is 17.0. The molecule has 4 rings (SSSR count). The van der Waals surface area contributed by atoms with Crippen LogP contribution < -0.4 is 4.90 Å². The lowest BCUT2D eigenvalue weighted by Gasteiger charge is -2.28. The summed E-state index contributed by atoms with van der Waals surface area (Å²) in [4.78, 5) is 26.4. The summed E-state index contributed by atoms with van der Waals surface area (Å²) in [6, 6.07) is 8.16. The zero-order chi connectivity index (χ0) is 17.9. The molecule has 0 radical (unpaired) electrons. The molecule has 0 unspecified atom stereocenters. The highest BCUT2D eigenvalue weighted by atomic mass is 16.5. The summed E-state index contributed by atoms with van der Waals surface area (Å²) in [5, 5.41) is 0. The summed E-state index contributed by atoms with van der Waals surface area (Å²) < 4.78 is 5.37. The van der Waals surface area contributed by atoms with Crippen LogP contribution in [0.5, 0.6) is 0 Å². The van der Waals surface area contributed by atoms with Crippen LogP contribution in [0.4, 0.5) is 5.82 Å². The summed E-state index contributed by atoms with van der Waals surface area (Å²) >= 11 is 0. The third kappa shape index (κ3) is 3.42. The molecule has 6 heteroatoms. The van der Waals surface area contributed by atoms with Gasteiger partial charge in [-0.05, 0) is 25.8 Å². The normalized spacial score (nSPS) is 17.6. The molecule has 0 N–H and O–H groups in total. The number of rotatable bonds is 3. The zero-order valence-corrected chi connectivity index (χ0v) is 15.1. The molecule has 0 aliphatic carbocycles. The number of ether oxygens (including phenoxy) is 1. The molecule has 3 heterocycles. The fourth-order valence-corrected chi connectivity index (χ4v) is 3.55. The van der Waals surface area contributed by atoms with E-state index >= 15 is 0 Å². The highest BCUT2D eigenvalue weighted by molar-refractivity contribution is 5.99. The minimum Gasteiger partial charge on any atom is -0.378 e. The Balaban J connectivity index is 1.72. The van der Waals surface area contributed by atoms with Gasteiger partial charge in [-0.1, -0.05) is 23.8 Å². The van der Waals surface area contributed by atoms with Crippen molar-refractivity contribution in [2.75, 3.05) is 44.3 Å². The lowest BCUT2D eigenvalue weighted by Crippen LogP contribution is -2.41. The molecular weight excluding hydrogens is 328 g/mol. The minimum atomic E-state index is 0.00555. The standard InChI is InChI=1S/C20H24N4O2/c1-15-5-4-6-16(13-15)18-21-14-17(19(22-18)23-7-2-3-8-23)20(25)24-9-11-26-12-10-24/h4-6,13-14H,2-3,7-12H2,1H3. The molecule has 0 spiro atoms. The van der Waals surface area contributed by atoms with Gasteiger partial charge in [0.15, 0.2) is 5.82 Å². The maximum Gasteiger partial charge on any atom is 0.259 e. The Kier molecular flexibility index (Phi) is 4.84. The Morgan fingerprint density at radius 1 is 1.12 bits per heavy atom. The van der Waals surface area contributed by atoms with E-state index in [9.17, 15) is 4.79 Å². The first-order valence-electron chi connectivity index (χ1n) is 9.28. The van der Waals surface area contributed by atoms with Gasteiger partial charge in [-0.2, -0.15) is 0 Å². The molecular formula is C20H24N4O2. The highest BCUT2D eigenvalue weighted by Crippen LogP contribution is 2.27. The molecule has 136 valence electrons. The van der Waals surface area contributed by atoms with E-state index in [1.54, 1.807) is 6.20 Å². The van der Waals surface area contributed by atoms with Crippen LogP contribution in [0, 0.1) is 6.92 Å². The van der Waals surface area contributed by atoms with Gasteiger partial charge >= 0.3 is 0 Å². The van der Waals surface area contributed by atoms with E-state index in [4.69, 9.17) is 9.72 Å². The number of hydrogen-bond acceptors (Lipinski definition) is 5. The fraction of sp³-hybridized carbons (Fsp3) is 0.450. The summed E-state index contributed by atoms with van der Waals surface area (Å²) in [5.41, 5.74) is 2.75. The van der Waals surface area contributed by atoms with E-state index in [1.165, 1.54) is 5.56 Å². The lowest BCUT2D eigenvalue weighted by molar-refractivity contribution is 0.0303. The molecule has 6 nitrogen and oxygen atoms in total. The van der Waals surface area contributed by atoms with Crippen LogP contribution in [-0.2, 0) is 4.74 Å². The Morgan fingerprint density at radius 2 is 1.88 bits per heavy atom. The number of amides is 1. The average Bonchev–Trinajstić information content (AvgIpc) is 3.22. The molecule has 2 aromatic rings. The molecule has 2 aliphatic rings. The van der Waals surface area contributed by atoms with E-state index in [-0.39, 0.29) is 5.91 Å². The second-order valence-corrected chi connectivity index (χ2v) is 6.90. The van der Waals surface area contributed by atoms with Gasteiger partial charge in [0.25, 0.3) is 5.91 Å². The minimum absolute atomic E-state index is 0.00555. The van der Waals surface area contributed by atoms with Crippen LogP contribution in [0.15, 0.2) is 30.5 Å². The summed E-state index contributed by atoms with van der Waals surface area (Å²) in [5.74, 6) is 1.45. The predicted octanol–water partition coefficient (Wildman–Crippen LogP) is 2.52. The molecule has 1 aromatic carbocycles. The van der Waals surface area contributed by atoms with Crippen LogP contribution in [0.1, 0.15) is 28.8 Å². The number of aromatic nitrogens is 2. The van der Waals surface area contributed by atoms with Crippen molar-refractivity contribution >= 4 is 11.7 Å². The number of benzene rings is 1. The maximum atomic E-state index is 13.0. The number of aryl methyl sites for hydroxylation is 1. The van der Waals surface area contributed by atoms with Crippen LogP contribution in [-0.4, -0.2) is 60.2 Å². The molecule has 0 bridgehead atoms. The fourth-order valence-electron chi connectivity index (χ4n) is 3.55. The Labute approximate surface area is 153 Å². The van der Waals surface area contributed by atoms with E-state index in [1.807, 2.05) is 17.0 Å². The van der Waals surface area contributed by atoms with Crippen molar-refractivity contribution in [1.82, 2.24) is 14.9 Å². The summed E-state index contributed by atoms with van der Waals surface area (Å²) in [6.45, 7) is 6.36. The third-order valence-corrected chi connectivity index (χ3v) is 4.98. The van der Waals surface area contributed by atoms with Gasteiger partial charge in [0, 0.05) is 37.9 Å². The molecule has 2 aliphatic heterocycles. The van der Waals surface area contributed by atoms with E-state index in [0.717, 1.165) is 37.3 Å². The van der Waals surface area contributed by atoms with Crippen LogP contribution in [0.25, 0.3) is 11.4 Å². The van der Waals surface area contributed by atoms with Crippen LogP contribution in [0.3, 0.4) is 0 Å². The molecule has 26 heavy (non-hydrogen) atoms. The van der Waals surface area contributed by atoms with Gasteiger partial charge in [-0.3, -0.25) is 4.79 Å². The first-order chi connectivity index (χ1) is 12.7. The van der Waals surface area contributed by atoms with Gasteiger partial charge in [0.1, 0.15) is 11.4 Å². The van der Waals surface area contributed by atoms with Crippen molar-refractivity contribution in [3.8, 4) is 11.4 Å². The highest BCUT2D eigenvalue weighted by Gasteiger charge is 2.26. The zero-order valence-electron chi connectivity index (χ0n) is 15.1. The Morgan fingerprint density at radius 3 is 2.62 bits per heavy atom. The number of carbonyl (C=O) groups is 1. The van der Waals surface area contributed by atoms with E-state index in [2.05, 4.69) is 28.9 Å². The van der Waals surface area contributed by atoms with Crippen molar-refractivity contribution in [2.24, 2.45) is 0 Å². The van der Waals surface area contributed by atoms with Gasteiger partial charge in [-0.25, -0.2) is 9.97 Å². The molecule has 1 aromatic heterocycles. The quantitative estimate of drug-likeness (QED) is 0.850. The van der Waals surface area contributed by atoms with Crippen LogP contribution >= 0.6 is 0 Å². The smallest absolute Gasteiger partial charge is 0.259 e. The van der Waals surface area contributed by atoms with Crippen molar-refractivity contribution in [3.63, 3.8) is 0 Å². The maximum absolute atomic E-state index is 13.0. The number of morpholine rings is 1. The van der Waals surface area contributed by atoms with E-state index < -0.39 is 0 Å². The van der Waals surface area contributed by atoms with Gasteiger partial charge < -0.3 is 14.5 Å². The predicted molar refractivity (Wildman–Crippen MR) is 100 cm³/mol. The summed E-state index contributed by atoms with van der Waals surface area (Å²) in [6.07, 6.45) is 3.97. The van der Waals surface area contributed by atoms with Gasteiger partial charge in [0.05, 0.1) is 13.2 Å². The lowest BCUT2D eigenvalue weighted by atomic mass is 10.1. The van der Waals surface area contributed by atoms with Crippen molar-refractivity contribution in [2.45, 2.75) is 19.8 Å². The number of carbonyl (C=O) groups excluding carboxylic acids is 1. The first-order valence-corrected chi connectivity index (χ1v) is 9.28. The van der Waals surface area contributed by atoms with E-state index in [0.29, 0.717) is 37.7 Å².